The summed E-state index contributed by atoms with van der Waals surface area (Å²) < 4.78 is 21.3. The van der Waals surface area contributed by atoms with Gasteiger partial charge in [-0.05, 0) is 36.4 Å². The second-order valence-electron chi connectivity index (χ2n) is 8.43. The molecule has 0 saturated carbocycles. The van der Waals surface area contributed by atoms with Gasteiger partial charge in [0, 0.05) is 42.1 Å². The minimum absolute atomic E-state index is 0.000543. The van der Waals surface area contributed by atoms with Crippen molar-refractivity contribution >= 4 is 49.3 Å². The number of carboxylic acid groups (broad SMARTS) is 1. The maximum atomic E-state index is 12.1. The molecule has 0 bridgehead atoms. The lowest BCUT2D eigenvalue weighted by molar-refractivity contribution is -0.138. The number of ketones is 1. The number of carbonyl (C=O) groups excluding carboxylic acids is 2. The molecule has 2 rings (SSSR count). The number of carbonyl (C=O) groups is 3. The SMILES string of the molecule is O=C(O)CCOCCOCCOCCOCCCC(=O)CCCCC1SCC2C1CC(=O)S2=S. The van der Waals surface area contributed by atoms with E-state index in [4.69, 9.17) is 35.2 Å². The van der Waals surface area contributed by atoms with Crippen LogP contribution in [0.25, 0.3) is 0 Å². The minimum Gasteiger partial charge on any atom is -0.481 e. The summed E-state index contributed by atoms with van der Waals surface area (Å²) in [5, 5.41) is 9.75. The van der Waals surface area contributed by atoms with Crippen LogP contribution >= 0.6 is 11.8 Å². The Kier molecular flexibility index (Phi) is 15.7. The largest absolute Gasteiger partial charge is 0.481 e. The first-order valence-electron chi connectivity index (χ1n) is 12.1. The fraction of sp³-hybridized carbons (Fsp3) is 0.870. The number of hydrogen-bond acceptors (Lipinski definition) is 9. The predicted molar refractivity (Wildman–Crippen MR) is 136 cm³/mol. The Bertz CT molecular complexity index is 660. The molecule has 2 aliphatic heterocycles. The van der Waals surface area contributed by atoms with Crippen molar-refractivity contribution in [1.29, 1.82) is 0 Å². The van der Waals surface area contributed by atoms with E-state index in [0.29, 0.717) is 92.8 Å². The maximum absolute atomic E-state index is 12.1. The molecule has 0 aromatic heterocycles. The van der Waals surface area contributed by atoms with Gasteiger partial charge in [-0.3, -0.25) is 14.4 Å². The van der Waals surface area contributed by atoms with Crippen molar-refractivity contribution < 1.29 is 38.4 Å². The first-order chi connectivity index (χ1) is 16.5. The van der Waals surface area contributed by atoms with Crippen LogP contribution in [0.3, 0.4) is 0 Å². The molecule has 2 heterocycles. The highest BCUT2D eigenvalue weighted by atomic mass is 32.8. The molecule has 4 atom stereocenters. The molecule has 2 saturated heterocycles. The number of thioether (sulfide) groups is 1. The molecule has 0 spiro atoms. The van der Waals surface area contributed by atoms with Crippen molar-refractivity contribution in [2.24, 2.45) is 5.92 Å². The van der Waals surface area contributed by atoms with E-state index >= 15 is 0 Å². The van der Waals surface area contributed by atoms with Crippen molar-refractivity contribution in [3.63, 3.8) is 0 Å². The van der Waals surface area contributed by atoms with Crippen LogP contribution in [-0.4, -0.2) is 91.1 Å². The van der Waals surface area contributed by atoms with Gasteiger partial charge in [0.2, 0.25) is 0 Å². The molecule has 0 aromatic rings. The van der Waals surface area contributed by atoms with E-state index in [0.717, 1.165) is 31.4 Å². The van der Waals surface area contributed by atoms with E-state index in [1.54, 1.807) is 0 Å². The van der Waals surface area contributed by atoms with E-state index in [2.05, 4.69) is 0 Å². The second kappa shape index (κ2) is 17.9. The van der Waals surface area contributed by atoms with Gasteiger partial charge in [-0.25, -0.2) is 0 Å². The molecular formula is C23H38O8S3. The zero-order valence-corrected chi connectivity index (χ0v) is 22.2. The van der Waals surface area contributed by atoms with Crippen molar-refractivity contribution in [3.05, 3.63) is 0 Å². The summed E-state index contributed by atoms with van der Waals surface area (Å²) in [4.78, 5) is 34.2. The van der Waals surface area contributed by atoms with Gasteiger partial charge in [0.25, 0.3) is 0 Å². The van der Waals surface area contributed by atoms with Gasteiger partial charge in [0.05, 0.1) is 52.7 Å². The van der Waals surface area contributed by atoms with Crippen molar-refractivity contribution in [3.8, 4) is 0 Å². The van der Waals surface area contributed by atoms with Gasteiger partial charge < -0.3 is 24.1 Å². The molecule has 0 aromatic carbocycles. The highest BCUT2D eigenvalue weighted by molar-refractivity contribution is 8.38. The topological polar surface area (TPSA) is 108 Å². The Hall–Kier alpha value is -0.430. The lowest BCUT2D eigenvalue weighted by Crippen LogP contribution is -2.19. The molecule has 11 heteroatoms. The summed E-state index contributed by atoms with van der Waals surface area (Å²) in [5.74, 6) is 0.948. The molecular weight excluding hydrogens is 500 g/mol. The monoisotopic (exact) mass is 538 g/mol. The van der Waals surface area contributed by atoms with Gasteiger partial charge in [0.1, 0.15) is 5.78 Å². The first-order valence-corrected chi connectivity index (χ1v) is 15.3. The summed E-state index contributed by atoms with van der Waals surface area (Å²) >= 11 is 7.36. The molecule has 34 heavy (non-hydrogen) atoms. The normalized spacial score (nSPS) is 23.9. The van der Waals surface area contributed by atoms with Gasteiger partial charge in [-0.2, -0.15) is 11.8 Å². The molecule has 8 nitrogen and oxygen atoms in total. The zero-order chi connectivity index (χ0) is 24.6. The van der Waals surface area contributed by atoms with Crippen LogP contribution in [0, 0.1) is 5.92 Å². The van der Waals surface area contributed by atoms with E-state index in [9.17, 15) is 14.4 Å². The summed E-state index contributed by atoms with van der Waals surface area (Å²) in [7, 11) is -0.445. The second-order valence-corrected chi connectivity index (χ2v) is 12.4. The maximum Gasteiger partial charge on any atom is 0.305 e. The number of rotatable bonds is 21. The summed E-state index contributed by atoms with van der Waals surface area (Å²) in [6, 6.07) is 0. The van der Waals surface area contributed by atoms with Crippen LogP contribution in [0.1, 0.15) is 51.4 Å². The summed E-state index contributed by atoms with van der Waals surface area (Å²) in [6.07, 6.45) is 5.65. The third-order valence-electron chi connectivity index (χ3n) is 5.85. The number of ether oxygens (including phenoxy) is 4. The van der Waals surface area contributed by atoms with Crippen LogP contribution in [0.5, 0.6) is 0 Å². The van der Waals surface area contributed by atoms with E-state index in [1.165, 1.54) is 0 Å². The number of fused-ring (bicyclic) bond motifs is 1. The van der Waals surface area contributed by atoms with Crippen molar-refractivity contribution in [1.82, 2.24) is 0 Å². The van der Waals surface area contributed by atoms with Gasteiger partial charge >= 0.3 is 5.97 Å². The van der Waals surface area contributed by atoms with Crippen LogP contribution < -0.4 is 0 Å². The zero-order valence-electron chi connectivity index (χ0n) is 19.8. The van der Waals surface area contributed by atoms with Gasteiger partial charge in [-0.15, -0.1) is 0 Å². The van der Waals surface area contributed by atoms with E-state index in [1.807, 2.05) is 11.8 Å². The van der Waals surface area contributed by atoms with Crippen LogP contribution in [-0.2, 0) is 54.0 Å². The molecule has 0 amide bonds. The minimum atomic E-state index is -0.873. The van der Waals surface area contributed by atoms with Gasteiger partial charge in [0.15, 0.2) is 5.12 Å². The highest BCUT2D eigenvalue weighted by Gasteiger charge is 2.46. The third kappa shape index (κ3) is 12.0. The first kappa shape index (κ1) is 29.8. The Balaban J connectivity index is 1.30. The Labute approximate surface area is 213 Å². The number of Topliss-reactive ketones (excluding diaryl/α,β-unsaturated/α-hetero) is 1. The highest BCUT2D eigenvalue weighted by Crippen LogP contribution is 2.44. The predicted octanol–water partition coefficient (Wildman–Crippen LogP) is 2.55. The summed E-state index contributed by atoms with van der Waals surface area (Å²) in [6.45, 7) is 3.40. The Morgan fingerprint density at radius 2 is 1.47 bits per heavy atom. The molecule has 2 aliphatic rings. The van der Waals surface area contributed by atoms with Crippen LogP contribution in [0.2, 0.25) is 0 Å². The fourth-order valence-electron chi connectivity index (χ4n) is 4.01. The molecule has 196 valence electrons. The Morgan fingerprint density at radius 3 is 2.12 bits per heavy atom. The number of aliphatic carboxylic acids is 1. The van der Waals surface area contributed by atoms with Crippen LogP contribution in [0.15, 0.2) is 0 Å². The lowest BCUT2D eigenvalue weighted by atomic mass is 9.95. The van der Waals surface area contributed by atoms with E-state index < -0.39 is 15.4 Å². The lowest BCUT2D eigenvalue weighted by Gasteiger charge is -2.15. The number of hydrogen-bond donors (Lipinski definition) is 1. The molecule has 4 unspecified atom stereocenters. The average Bonchev–Trinajstić information content (AvgIpc) is 3.33. The molecule has 0 radical (unpaired) electrons. The fourth-order valence-corrected chi connectivity index (χ4v) is 8.82. The summed E-state index contributed by atoms with van der Waals surface area (Å²) in [5.41, 5.74) is 0. The van der Waals surface area contributed by atoms with Crippen molar-refractivity contribution in [2.45, 2.75) is 61.9 Å². The number of carboxylic acids is 1. The van der Waals surface area contributed by atoms with Gasteiger partial charge in [-0.1, -0.05) is 15.9 Å². The third-order valence-corrected chi connectivity index (χ3v) is 10.6. The smallest absolute Gasteiger partial charge is 0.305 e. The van der Waals surface area contributed by atoms with Crippen molar-refractivity contribution in [2.75, 3.05) is 58.6 Å². The average molecular weight is 539 g/mol. The standard InChI is InChI=1S/C23H38O8S3/c24-18(4-1-2-6-20-19-16-23(27)34(32)21(19)17-33-20)5-3-8-28-10-12-30-14-15-31-13-11-29-9-7-22(25)26/h19-21H,1-17H2,(H,25,26). The quantitative estimate of drug-likeness (QED) is 0.219. The number of unbranched alkanes of at least 4 members (excludes halogenated alkanes) is 1. The Morgan fingerprint density at radius 1 is 0.882 bits per heavy atom. The van der Waals surface area contributed by atoms with E-state index in [-0.39, 0.29) is 13.0 Å². The molecule has 0 aliphatic carbocycles. The molecule has 1 N–H and O–H groups in total. The molecule has 2 fully saturated rings. The van der Waals surface area contributed by atoms with Crippen LogP contribution in [0.4, 0.5) is 0 Å².